The van der Waals surface area contributed by atoms with Crippen LogP contribution >= 0.6 is 11.8 Å². The van der Waals surface area contributed by atoms with Crippen LogP contribution in [-0.4, -0.2) is 36.4 Å². The van der Waals surface area contributed by atoms with Crippen LogP contribution in [0, 0.1) is 0 Å². The van der Waals surface area contributed by atoms with Gasteiger partial charge in [0.2, 0.25) is 11.8 Å². The summed E-state index contributed by atoms with van der Waals surface area (Å²) in [5, 5.41) is 5.98. The van der Waals surface area contributed by atoms with E-state index in [-0.39, 0.29) is 11.8 Å². The lowest BCUT2D eigenvalue weighted by Crippen LogP contribution is -2.27. The van der Waals surface area contributed by atoms with Gasteiger partial charge in [0, 0.05) is 37.4 Å². The van der Waals surface area contributed by atoms with Crippen LogP contribution in [0.5, 0.6) is 0 Å². The molecule has 0 aromatic heterocycles. The zero-order valence-electron chi connectivity index (χ0n) is 32.1. The number of amides is 2. The van der Waals surface area contributed by atoms with Gasteiger partial charge in [-0.05, 0) is 89.9 Å². The molecule has 0 bridgehead atoms. The number of carbonyl (C=O) groups is 2. The SMILES string of the molecule is CC/C=C\C/C=C\C/C=C\C/C=C\C/C=C\C/C=C\CCC(=O)NCCSCCNC(=O)CCC/C=C\C/C=C\C/C=C\C/C=C\C/C=C\CC. The van der Waals surface area contributed by atoms with Crippen molar-refractivity contribution >= 4 is 23.6 Å². The van der Waals surface area contributed by atoms with Gasteiger partial charge in [-0.3, -0.25) is 9.59 Å². The molecule has 0 unspecified atom stereocenters. The van der Waals surface area contributed by atoms with Gasteiger partial charge in [0.25, 0.3) is 0 Å². The highest BCUT2D eigenvalue weighted by Crippen LogP contribution is 2.02. The van der Waals surface area contributed by atoms with Crippen molar-refractivity contribution < 1.29 is 9.59 Å². The van der Waals surface area contributed by atoms with Crippen molar-refractivity contribution in [1.82, 2.24) is 10.6 Å². The predicted octanol–water partition coefficient (Wildman–Crippen LogP) is 12.4. The number of thioether (sulfide) groups is 1. The fourth-order valence-corrected chi connectivity index (χ4v) is 5.10. The summed E-state index contributed by atoms with van der Waals surface area (Å²) < 4.78 is 0. The highest BCUT2D eigenvalue weighted by atomic mass is 32.2. The second-order valence-corrected chi connectivity index (χ2v) is 13.1. The minimum absolute atomic E-state index is 0.0935. The predicted molar refractivity (Wildman–Crippen MR) is 229 cm³/mol. The fraction of sp³-hybridized carbons (Fsp3) is 0.478. The van der Waals surface area contributed by atoms with E-state index >= 15 is 0 Å². The normalized spacial score (nSPS) is 13.1. The Bertz CT molecular complexity index is 1150. The Morgan fingerprint density at radius 1 is 0.392 bits per heavy atom. The monoisotopic (exact) mass is 715 g/mol. The summed E-state index contributed by atoms with van der Waals surface area (Å²) in [4.78, 5) is 24.1. The molecule has 2 amide bonds. The number of nitrogens with one attached hydrogen (secondary N) is 2. The number of hydrogen-bond acceptors (Lipinski definition) is 3. The Kier molecular flexibility index (Phi) is 39.6. The van der Waals surface area contributed by atoms with E-state index in [9.17, 15) is 9.59 Å². The van der Waals surface area contributed by atoms with Gasteiger partial charge in [-0.25, -0.2) is 0 Å². The third-order valence-corrected chi connectivity index (χ3v) is 8.19. The summed E-state index contributed by atoms with van der Waals surface area (Å²) in [5.41, 5.74) is 0. The molecule has 0 atom stereocenters. The molecule has 0 heterocycles. The smallest absolute Gasteiger partial charge is 0.220 e. The molecule has 0 aliphatic carbocycles. The summed E-state index contributed by atoms with van der Waals surface area (Å²) in [6.45, 7) is 5.64. The van der Waals surface area contributed by atoms with E-state index in [0.29, 0.717) is 25.9 Å². The van der Waals surface area contributed by atoms with Crippen LogP contribution in [0.25, 0.3) is 0 Å². The van der Waals surface area contributed by atoms with Crippen LogP contribution in [0.1, 0.15) is 117 Å². The van der Waals surface area contributed by atoms with Crippen molar-refractivity contribution in [2.75, 3.05) is 24.6 Å². The lowest BCUT2D eigenvalue weighted by Gasteiger charge is -2.06. The number of carbonyl (C=O) groups excluding carboxylic acids is 2. The van der Waals surface area contributed by atoms with Crippen LogP contribution in [0.4, 0.5) is 0 Å². The number of rotatable bonds is 33. The van der Waals surface area contributed by atoms with Gasteiger partial charge in [0.15, 0.2) is 0 Å². The van der Waals surface area contributed by atoms with Gasteiger partial charge in [0.05, 0.1) is 0 Å². The summed E-state index contributed by atoms with van der Waals surface area (Å²) in [6, 6.07) is 0. The Labute approximate surface area is 317 Å². The van der Waals surface area contributed by atoms with E-state index in [0.717, 1.165) is 101 Å². The Hall–Kier alpha value is -3.57. The summed E-state index contributed by atoms with van der Waals surface area (Å²) in [6.07, 6.45) is 62.8. The van der Waals surface area contributed by atoms with E-state index in [4.69, 9.17) is 0 Å². The van der Waals surface area contributed by atoms with Crippen molar-refractivity contribution in [3.05, 3.63) is 134 Å². The van der Waals surface area contributed by atoms with Crippen LogP contribution in [0.2, 0.25) is 0 Å². The highest BCUT2D eigenvalue weighted by Gasteiger charge is 2.01. The molecular weight excluding hydrogens is 645 g/mol. The van der Waals surface area contributed by atoms with Gasteiger partial charge < -0.3 is 10.6 Å². The molecule has 0 saturated heterocycles. The minimum Gasteiger partial charge on any atom is -0.355 e. The van der Waals surface area contributed by atoms with Gasteiger partial charge in [-0.15, -0.1) is 0 Å². The lowest BCUT2D eigenvalue weighted by molar-refractivity contribution is -0.121. The lowest BCUT2D eigenvalue weighted by atomic mass is 10.2. The van der Waals surface area contributed by atoms with E-state index in [2.05, 4.69) is 158 Å². The van der Waals surface area contributed by atoms with Gasteiger partial charge >= 0.3 is 0 Å². The molecule has 0 aromatic rings. The zero-order valence-corrected chi connectivity index (χ0v) is 32.9. The topological polar surface area (TPSA) is 58.2 Å². The molecule has 5 heteroatoms. The van der Waals surface area contributed by atoms with E-state index in [1.54, 1.807) is 11.8 Å². The van der Waals surface area contributed by atoms with E-state index in [1.807, 2.05) is 0 Å². The van der Waals surface area contributed by atoms with Crippen LogP contribution < -0.4 is 10.6 Å². The van der Waals surface area contributed by atoms with Crippen molar-refractivity contribution in [2.24, 2.45) is 0 Å². The fourth-order valence-electron chi connectivity index (χ4n) is 4.41. The quantitative estimate of drug-likeness (QED) is 0.0525. The largest absolute Gasteiger partial charge is 0.355 e. The third kappa shape index (κ3) is 42.5. The molecule has 0 aliphatic rings. The van der Waals surface area contributed by atoms with Gasteiger partial charge in [-0.1, -0.05) is 148 Å². The summed E-state index contributed by atoms with van der Waals surface area (Å²) in [7, 11) is 0. The Balaban J connectivity index is 3.57. The van der Waals surface area contributed by atoms with Gasteiger partial charge in [-0.2, -0.15) is 11.8 Å². The third-order valence-electron chi connectivity index (χ3n) is 7.20. The van der Waals surface area contributed by atoms with Crippen LogP contribution in [0.3, 0.4) is 0 Å². The maximum Gasteiger partial charge on any atom is 0.220 e. The number of hydrogen-bond donors (Lipinski definition) is 2. The first-order valence-electron chi connectivity index (χ1n) is 19.5. The molecule has 51 heavy (non-hydrogen) atoms. The molecule has 0 radical (unpaired) electrons. The first-order chi connectivity index (χ1) is 25.2. The van der Waals surface area contributed by atoms with Gasteiger partial charge in [0.1, 0.15) is 0 Å². The van der Waals surface area contributed by atoms with E-state index < -0.39 is 0 Å². The maximum atomic E-state index is 12.0. The molecule has 2 N–H and O–H groups in total. The van der Waals surface area contributed by atoms with Crippen molar-refractivity contribution in [3.8, 4) is 0 Å². The summed E-state index contributed by atoms with van der Waals surface area (Å²) in [5.74, 6) is 1.92. The molecule has 0 saturated carbocycles. The maximum absolute atomic E-state index is 12.0. The number of unbranched alkanes of at least 4 members (excludes halogenated alkanes) is 1. The van der Waals surface area contributed by atoms with Crippen LogP contribution in [0.15, 0.2) is 134 Å². The van der Waals surface area contributed by atoms with E-state index in [1.165, 1.54) is 0 Å². The Morgan fingerprint density at radius 3 is 1.04 bits per heavy atom. The molecule has 0 aromatic carbocycles. The standard InChI is InChI=1S/C46H70N2O2S/c1-3-5-7-9-11-13-15-17-19-21-22-24-26-28-30-32-34-36-38-40-46(50)48-42-44-51-43-41-47-45(49)39-37-35-33-31-29-27-25-23-20-18-16-14-12-10-8-6-4-2/h5-8,11-14,17-20,22,24-25,27-28,30-31,33-34,36H,3-4,9-10,15-16,21,23,26,29,32,35,37-44H2,1-2H3,(H,47,49)(H,48,50)/b7-5-,8-6-,13-11-,14-12-,19-17-,20-18-,24-22-,27-25-,30-28-,33-31-,36-34-. The second-order valence-electron chi connectivity index (χ2n) is 11.9. The summed E-state index contributed by atoms with van der Waals surface area (Å²) >= 11 is 1.75. The Morgan fingerprint density at radius 2 is 0.686 bits per heavy atom. The zero-order chi connectivity index (χ0) is 37.0. The highest BCUT2D eigenvalue weighted by molar-refractivity contribution is 7.99. The number of allylic oxidation sites excluding steroid dienone is 22. The van der Waals surface area contributed by atoms with Crippen molar-refractivity contribution in [3.63, 3.8) is 0 Å². The van der Waals surface area contributed by atoms with Crippen LogP contribution in [-0.2, 0) is 9.59 Å². The average molecular weight is 715 g/mol. The first-order valence-corrected chi connectivity index (χ1v) is 20.6. The average Bonchev–Trinajstić information content (AvgIpc) is 3.13. The minimum atomic E-state index is 0.0935. The molecule has 0 aliphatic heterocycles. The molecule has 0 rings (SSSR count). The molecular formula is C46H70N2O2S. The molecule has 4 nitrogen and oxygen atoms in total. The molecule has 282 valence electrons. The van der Waals surface area contributed by atoms with Crippen molar-refractivity contribution in [1.29, 1.82) is 0 Å². The molecule has 0 spiro atoms. The second kappa shape index (κ2) is 42.6. The first kappa shape index (κ1) is 47.4. The van der Waals surface area contributed by atoms with Crippen molar-refractivity contribution in [2.45, 2.75) is 117 Å². The molecule has 0 fully saturated rings.